The van der Waals surface area contributed by atoms with Crippen molar-refractivity contribution in [2.75, 3.05) is 6.61 Å². The Bertz CT molecular complexity index is 296. The fourth-order valence-corrected chi connectivity index (χ4v) is 1.54. The zero-order chi connectivity index (χ0) is 14.2. The van der Waals surface area contributed by atoms with Gasteiger partial charge in [-0.05, 0) is 12.8 Å². The highest BCUT2D eigenvalue weighted by Gasteiger charge is 2.54. The maximum atomic E-state index is 11.7. The lowest BCUT2D eigenvalue weighted by molar-refractivity contribution is -0.179. The van der Waals surface area contributed by atoms with E-state index in [1.54, 1.807) is 6.92 Å². The molecule has 0 aliphatic carbocycles. The fraction of sp³-hybridized carbons (Fsp3) is 0.750. The van der Waals surface area contributed by atoms with Crippen molar-refractivity contribution >= 4 is 17.9 Å². The average Bonchev–Trinajstić information content (AvgIpc) is 2.30. The van der Waals surface area contributed by atoms with Gasteiger partial charge < -0.3 is 14.9 Å². The van der Waals surface area contributed by atoms with Crippen LogP contribution < -0.4 is 0 Å². The predicted octanol–water partition coefficient (Wildman–Crippen LogP) is 1.68. The number of carboxylic acids is 2. The van der Waals surface area contributed by atoms with E-state index in [4.69, 9.17) is 14.9 Å². The molecule has 0 radical (unpaired) electrons. The molecule has 104 valence electrons. The zero-order valence-electron chi connectivity index (χ0n) is 10.8. The first-order chi connectivity index (χ1) is 8.43. The first-order valence-corrected chi connectivity index (χ1v) is 6.07. The standard InChI is InChI=1S/C12H20O6/c1-3-5-6-7-12(9(13)14,10(15)16)11(17)18-8-4-2/h3-8H2,1-2H3,(H,13,14)(H,15,16). The number of unbranched alkanes of at least 4 members (excludes halogenated alkanes) is 2. The molecule has 0 spiro atoms. The van der Waals surface area contributed by atoms with Crippen LogP contribution in [0.25, 0.3) is 0 Å². The van der Waals surface area contributed by atoms with Gasteiger partial charge in [0.2, 0.25) is 0 Å². The van der Waals surface area contributed by atoms with E-state index in [-0.39, 0.29) is 13.0 Å². The van der Waals surface area contributed by atoms with Crippen LogP contribution >= 0.6 is 0 Å². The lowest BCUT2D eigenvalue weighted by Crippen LogP contribution is -2.47. The van der Waals surface area contributed by atoms with Crippen molar-refractivity contribution in [2.45, 2.75) is 46.0 Å². The second-order valence-electron chi connectivity index (χ2n) is 4.11. The van der Waals surface area contributed by atoms with Crippen molar-refractivity contribution in [3.05, 3.63) is 0 Å². The Morgan fingerprint density at radius 2 is 1.56 bits per heavy atom. The third-order valence-corrected chi connectivity index (χ3v) is 2.67. The van der Waals surface area contributed by atoms with Gasteiger partial charge in [-0.15, -0.1) is 0 Å². The Kier molecular flexibility index (Phi) is 7.00. The summed E-state index contributed by atoms with van der Waals surface area (Å²) in [5, 5.41) is 18.2. The molecular formula is C12H20O6. The van der Waals surface area contributed by atoms with Gasteiger partial charge in [0.1, 0.15) is 0 Å². The second-order valence-corrected chi connectivity index (χ2v) is 4.11. The van der Waals surface area contributed by atoms with Gasteiger partial charge in [0, 0.05) is 0 Å². The summed E-state index contributed by atoms with van der Waals surface area (Å²) < 4.78 is 4.71. The van der Waals surface area contributed by atoms with E-state index in [0.717, 1.165) is 6.42 Å². The van der Waals surface area contributed by atoms with Crippen LogP contribution in [0.2, 0.25) is 0 Å². The molecule has 6 nitrogen and oxygen atoms in total. The molecule has 0 amide bonds. The molecule has 0 bridgehead atoms. The minimum absolute atomic E-state index is 0.0227. The molecule has 0 aromatic rings. The lowest BCUT2D eigenvalue weighted by Gasteiger charge is -2.22. The van der Waals surface area contributed by atoms with Crippen molar-refractivity contribution in [1.29, 1.82) is 0 Å². The minimum atomic E-state index is -2.47. The number of carbonyl (C=O) groups excluding carboxylic acids is 1. The summed E-state index contributed by atoms with van der Waals surface area (Å²) in [5.41, 5.74) is -2.47. The van der Waals surface area contributed by atoms with Crippen LogP contribution in [0.4, 0.5) is 0 Å². The maximum absolute atomic E-state index is 11.7. The van der Waals surface area contributed by atoms with Gasteiger partial charge in [0.05, 0.1) is 6.61 Å². The van der Waals surface area contributed by atoms with E-state index in [0.29, 0.717) is 19.3 Å². The highest BCUT2D eigenvalue weighted by molar-refractivity contribution is 6.16. The smallest absolute Gasteiger partial charge is 0.335 e. The van der Waals surface area contributed by atoms with E-state index in [2.05, 4.69) is 0 Å². The second kappa shape index (κ2) is 7.68. The molecule has 2 N–H and O–H groups in total. The topological polar surface area (TPSA) is 101 Å². The predicted molar refractivity (Wildman–Crippen MR) is 63.1 cm³/mol. The molecule has 0 aromatic carbocycles. The maximum Gasteiger partial charge on any atom is 0.335 e. The van der Waals surface area contributed by atoms with Gasteiger partial charge in [-0.3, -0.25) is 14.4 Å². The van der Waals surface area contributed by atoms with Crippen molar-refractivity contribution in [1.82, 2.24) is 0 Å². The Hall–Kier alpha value is -1.59. The first-order valence-electron chi connectivity index (χ1n) is 6.07. The normalized spacial score (nSPS) is 11.0. The molecule has 0 unspecified atom stereocenters. The SMILES string of the molecule is CCCCCC(C(=O)O)(C(=O)O)C(=O)OCCC. The van der Waals surface area contributed by atoms with E-state index in [1.165, 1.54) is 0 Å². The van der Waals surface area contributed by atoms with Crippen LogP contribution in [-0.2, 0) is 19.1 Å². The zero-order valence-corrected chi connectivity index (χ0v) is 10.8. The Balaban J connectivity index is 5.03. The summed E-state index contributed by atoms with van der Waals surface area (Å²) in [6.07, 6.45) is 2.10. The molecule has 0 aliphatic heterocycles. The summed E-state index contributed by atoms with van der Waals surface area (Å²) >= 11 is 0. The van der Waals surface area contributed by atoms with Gasteiger partial charge in [-0.1, -0.05) is 33.1 Å². The van der Waals surface area contributed by atoms with Gasteiger partial charge in [0.15, 0.2) is 0 Å². The molecule has 18 heavy (non-hydrogen) atoms. The number of rotatable bonds is 9. The molecule has 0 rings (SSSR count). The number of hydrogen-bond donors (Lipinski definition) is 2. The monoisotopic (exact) mass is 260 g/mol. The van der Waals surface area contributed by atoms with Gasteiger partial charge in [0.25, 0.3) is 5.41 Å². The third kappa shape index (κ3) is 3.72. The lowest BCUT2D eigenvalue weighted by atomic mass is 9.82. The molecule has 0 atom stereocenters. The summed E-state index contributed by atoms with van der Waals surface area (Å²) in [7, 11) is 0. The van der Waals surface area contributed by atoms with Gasteiger partial charge in [-0.25, -0.2) is 0 Å². The summed E-state index contributed by atoms with van der Waals surface area (Å²) in [6, 6.07) is 0. The van der Waals surface area contributed by atoms with E-state index in [1.807, 2.05) is 6.92 Å². The minimum Gasteiger partial charge on any atom is -0.480 e. The first kappa shape index (κ1) is 16.4. The summed E-state index contributed by atoms with van der Waals surface area (Å²) in [5.74, 6) is -4.50. The molecule has 0 heterocycles. The Morgan fingerprint density at radius 3 is 1.94 bits per heavy atom. The number of carbonyl (C=O) groups is 3. The molecule has 0 aromatic heterocycles. The highest BCUT2D eigenvalue weighted by Crippen LogP contribution is 2.28. The highest BCUT2D eigenvalue weighted by atomic mass is 16.5. The summed E-state index contributed by atoms with van der Waals surface area (Å²) in [6.45, 7) is 3.67. The van der Waals surface area contributed by atoms with Crippen molar-refractivity contribution < 1.29 is 29.3 Å². The molecule has 0 saturated carbocycles. The van der Waals surface area contributed by atoms with Crippen LogP contribution in [0.5, 0.6) is 0 Å². The molecule has 0 aliphatic rings. The van der Waals surface area contributed by atoms with Crippen LogP contribution in [0.1, 0.15) is 46.0 Å². The molecule has 0 fully saturated rings. The van der Waals surface area contributed by atoms with Gasteiger partial charge >= 0.3 is 17.9 Å². The van der Waals surface area contributed by atoms with E-state index < -0.39 is 23.3 Å². The van der Waals surface area contributed by atoms with Crippen molar-refractivity contribution in [3.8, 4) is 0 Å². The van der Waals surface area contributed by atoms with Crippen LogP contribution in [0.15, 0.2) is 0 Å². The van der Waals surface area contributed by atoms with Crippen LogP contribution in [-0.4, -0.2) is 34.7 Å². The number of carboxylic acid groups (broad SMARTS) is 2. The largest absolute Gasteiger partial charge is 0.480 e. The molecule has 0 saturated heterocycles. The number of hydrogen-bond acceptors (Lipinski definition) is 4. The van der Waals surface area contributed by atoms with Crippen LogP contribution in [0.3, 0.4) is 0 Å². The number of ether oxygens (including phenoxy) is 1. The molecular weight excluding hydrogens is 240 g/mol. The van der Waals surface area contributed by atoms with Gasteiger partial charge in [-0.2, -0.15) is 0 Å². The third-order valence-electron chi connectivity index (χ3n) is 2.67. The van der Waals surface area contributed by atoms with Crippen LogP contribution in [0, 0.1) is 5.41 Å². The van der Waals surface area contributed by atoms with Crippen molar-refractivity contribution in [3.63, 3.8) is 0 Å². The van der Waals surface area contributed by atoms with Crippen molar-refractivity contribution in [2.24, 2.45) is 5.41 Å². The Morgan fingerprint density at radius 1 is 1.00 bits per heavy atom. The number of aliphatic carboxylic acids is 2. The van der Waals surface area contributed by atoms with E-state index >= 15 is 0 Å². The van der Waals surface area contributed by atoms with E-state index in [9.17, 15) is 14.4 Å². The number of esters is 1. The molecule has 6 heteroatoms. The Labute approximate surface area is 106 Å². The summed E-state index contributed by atoms with van der Waals surface area (Å²) in [4.78, 5) is 34.1. The average molecular weight is 260 g/mol. The quantitative estimate of drug-likeness (QED) is 0.371. The fourth-order valence-electron chi connectivity index (χ4n) is 1.54.